The van der Waals surface area contributed by atoms with Crippen LogP contribution >= 0.6 is 0 Å². The molecule has 0 saturated carbocycles. The van der Waals surface area contributed by atoms with Gasteiger partial charge in [0.05, 0.1) is 12.8 Å². The lowest BCUT2D eigenvalue weighted by molar-refractivity contribution is -0.122. The SMILES string of the molecule is COc1ccc(C2=CC(N)(C(=O)CCc3ccc4ccccc4c3)N=N2)cc1. The molecule has 1 aliphatic heterocycles. The van der Waals surface area contributed by atoms with Crippen LogP contribution in [-0.4, -0.2) is 18.6 Å². The van der Waals surface area contributed by atoms with E-state index in [2.05, 4.69) is 34.5 Å². The van der Waals surface area contributed by atoms with Crippen LogP contribution in [0.2, 0.25) is 0 Å². The Morgan fingerprint density at radius 1 is 1.04 bits per heavy atom. The Morgan fingerprint density at radius 3 is 2.54 bits per heavy atom. The van der Waals surface area contributed by atoms with Gasteiger partial charge >= 0.3 is 0 Å². The van der Waals surface area contributed by atoms with Crippen LogP contribution in [0.15, 0.2) is 83.0 Å². The van der Waals surface area contributed by atoms with Crippen molar-refractivity contribution >= 4 is 22.3 Å². The molecule has 5 heteroatoms. The summed E-state index contributed by atoms with van der Waals surface area (Å²) in [6.45, 7) is 0. The summed E-state index contributed by atoms with van der Waals surface area (Å²) in [6, 6.07) is 21.8. The van der Waals surface area contributed by atoms with Crippen molar-refractivity contribution in [3.63, 3.8) is 0 Å². The third kappa shape index (κ3) is 3.57. The van der Waals surface area contributed by atoms with E-state index in [1.165, 1.54) is 5.39 Å². The zero-order valence-corrected chi connectivity index (χ0v) is 15.6. The van der Waals surface area contributed by atoms with Gasteiger partial charge in [-0.3, -0.25) is 10.5 Å². The van der Waals surface area contributed by atoms with Gasteiger partial charge in [-0.05, 0) is 53.1 Å². The zero-order chi connectivity index (χ0) is 19.6. The number of benzene rings is 3. The number of aryl methyl sites for hydroxylation is 1. The Morgan fingerprint density at radius 2 is 1.79 bits per heavy atom. The van der Waals surface area contributed by atoms with E-state index in [9.17, 15) is 4.79 Å². The average molecular weight is 371 g/mol. The van der Waals surface area contributed by atoms with E-state index in [0.29, 0.717) is 18.5 Å². The van der Waals surface area contributed by atoms with E-state index in [4.69, 9.17) is 10.5 Å². The van der Waals surface area contributed by atoms with Gasteiger partial charge in [-0.2, -0.15) is 10.2 Å². The molecular formula is C23H21N3O2. The molecule has 3 aromatic carbocycles. The Balaban J connectivity index is 1.46. The molecule has 2 N–H and O–H groups in total. The van der Waals surface area contributed by atoms with Gasteiger partial charge in [-0.1, -0.05) is 42.5 Å². The number of ketones is 1. The Labute approximate surface area is 163 Å². The Bertz CT molecular complexity index is 1090. The number of methoxy groups -OCH3 is 1. The van der Waals surface area contributed by atoms with E-state index in [-0.39, 0.29) is 5.78 Å². The average Bonchev–Trinajstić information content (AvgIpc) is 3.15. The zero-order valence-electron chi connectivity index (χ0n) is 15.6. The first-order valence-corrected chi connectivity index (χ1v) is 9.17. The smallest absolute Gasteiger partial charge is 0.209 e. The van der Waals surface area contributed by atoms with E-state index in [1.807, 2.05) is 42.5 Å². The van der Waals surface area contributed by atoms with Crippen molar-refractivity contribution in [2.75, 3.05) is 7.11 Å². The van der Waals surface area contributed by atoms with Crippen LogP contribution in [0.3, 0.4) is 0 Å². The second-order valence-electron chi connectivity index (χ2n) is 6.89. The highest BCUT2D eigenvalue weighted by Gasteiger charge is 2.35. The minimum atomic E-state index is -1.40. The third-order valence-corrected chi connectivity index (χ3v) is 4.97. The number of carbonyl (C=O) groups is 1. The summed E-state index contributed by atoms with van der Waals surface area (Å²) < 4.78 is 5.16. The molecule has 3 aromatic rings. The van der Waals surface area contributed by atoms with Crippen molar-refractivity contribution in [1.29, 1.82) is 0 Å². The number of hydrogen-bond donors (Lipinski definition) is 1. The number of Topliss-reactive ketones (excluding diaryl/α,β-unsaturated/α-hetero) is 1. The highest BCUT2D eigenvalue weighted by Crippen LogP contribution is 2.30. The van der Waals surface area contributed by atoms with Gasteiger partial charge in [0.25, 0.3) is 0 Å². The summed E-state index contributed by atoms with van der Waals surface area (Å²) in [7, 11) is 1.61. The molecule has 0 fully saturated rings. The summed E-state index contributed by atoms with van der Waals surface area (Å²) in [6.07, 6.45) is 2.56. The minimum absolute atomic E-state index is 0.145. The first-order valence-electron chi connectivity index (χ1n) is 9.17. The van der Waals surface area contributed by atoms with E-state index < -0.39 is 5.66 Å². The molecule has 0 spiro atoms. The quantitative estimate of drug-likeness (QED) is 0.692. The van der Waals surface area contributed by atoms with Crippen LogP contribution in [0.4, 0.5) is 0 Å². The highest BCUT2D eigenvalue weighted by atomic mass is 16.5. The van der Waals surface area contributed by atoms with Crippen LogP contribution in [0.5, 0.6) is 5.75 Å². The maximum atomic E-state index is 12.7. The molecule has 1 heterocycles. The van der Waals surface area contributed by atoms with Gasteiger partial charge in [0.15, 0.2) is 5.78 Å². The number of ether oxygens (including phenoxy) is 1. The summed E-state index contributed by atoms with van der Waals surface area (Å²) in [4.78, 5) is 12.7. The van der Waals surface area contributed by atoms with Gasteiger partial charge in [0.1, 0.15) is 5.75 Å². The fourth-order valence-corrected chi connectivity index (χ4v) is 3.29. The predicted octanol–water partition coefficient (Wildman–Crippen LogP) is 4.51. The van der Waals surface area contributed by atoms with Crippen molar-refractivity contribution in [2.45, 2.75) is 18.5 Å². The van der Waals surface area contributed by atoms with Crippen molar-refractivity contribution in [2.24, 2.45) is 16.0 Å². The van der Waals surface area contributed by atoms with Gasteiger partial charge in [-0.15, -0.1) is 0 Å². The number of hydrogen-bond acceptors (Lipinski definition) is 5. The monoisotopic (exact) mass is 371 g/mol. The summed E-state index contributed by atoms with van der Waals surface area (Å²) >= 11 is 0. The molecule has 4 rings (SSSR count). The van der Waals surface area contributed by atoms with Crippen LogP contribution in [0.25, 0.3) is 16.5 Å². The molecule has 0 radical (unpaired) electrons. The predicted molar refractivity (Wildman–Crippen MR) is 110 cm³/mol. The topological polar surface area (TPSA) is 77.0 Å². The van der Waals surface area contributed by atoms with E-state index >= 15 is 0 Å². The number of fused-ring (bicyclic) bond motifs is 1. The normalized spacial score (nSPS) is 18.3. The van der Waals surface area contributed by atoms with Crippen LogP contribution in [-0.2, 0) is 11.2 Å². The number of carbonyl (C=O) groups excluding carboxylic acids is 1. The Hall–Kier alpha value is -3.31. The molecule has 1 atom stereocenters. The van der Waals surface area contributed by atoms with Gasteiger partial charge in [0.2, 0.25) is 5.66 Å². The molecule has 0 saturated heterocycles. The van der Waals surface area contributed by atoms with Crippen LogP contribution < -0.4 is 10.5 Å². The number of rotatable bonds is 6. The maximum absolute atomic E-state index is 12.7. The highest BCUT2D eigenvalue weighted by molar-refractivity contribution is 5.93. The van der Waals surface area contributed by atoms with Gasteiger partial charge < -0.3 is 4.74 Å². The van der Waals surface area contributed by atoms with E-state index in [0.717, 1.165) is 22.3 Å². The summed E-state index contributed by atoms with van der Waals surface area (Å²) in [5, 5.41) is 10.5. The molecule has 1 aliphatic rings. The van der Waals surface area contributed by atoms with Crippen molar-refractivity contribution in [3.8, 4) is 5.75 Å². The van der Waals surface area contributed by atoms with Gasteiger partial charge in [-0.25, -0.2) is 0 Å². The van der Waals surface area contributed by atoms with Gasteiger partial charge in [0, 0.05) is 12.0 Å². The summed E-state index contributed by atoms with van der Waals surface area (Å²) in [5.41, 5.74) is 7.38. The second kappa shape index (κ2) is 7.37. The molecule has 0 aromatic heterocycles. The molecule has 5 nitrogen and oxygen atoms in total. The largest absolute Gasteiger partial charge is 0.497 e. The first-order chi connectivity index (χ1) is 13.6. The minimum Gasteiger partial charge on any atom is -0.497 e. The fraction of sp³-hybridized carbons (Fsp3) is 0.174. The van der Waals surface area contributed by atoms with Crippen molar-refractivity contribution in [1.82, 2.24) is 0 Å². The molecule has 140 valence electrons. The van der Waals surface area contributed by atoms with Crippen molar-refractivity contribution in [3.05, 3.63) is 83.9 Å². The fourth-order valence-electron chi connectivity index (χ4n) is 3.29. The lowest BCUT2D eigenvalue weighted by atomic mass is 9.97. The standard InChI is InChI=1S/C23H21N3O2/c1-28-20-11-9-18(10-12-20)21-15-23(24,26-25-21)22(27)13-7-16-6-8-17-4-2-3-5-19(17)14-16/h2-6,8-12,14-15H,7,13,24H2,1H3. The van der Waals surface area contributed by atoms with E-state index in [1.54, 1.807) is 13.2 Å². The lowest BCUT2D eigenvalue weighted by Gasteiger charge is -2.14. The molecule has 1 unspecified atom stereocenters. The molecular weight excluding hydrogens is 350 g/mol. The number of nitrogens with zero attached hydrogens (tertiary/aromatic N) is 2. The van der Waals surface area contributed by atoms with Crippen LogP contribution in [0.1, 0.15) is 17.5 Å². The summed E-state index contributed by atoms with van der Waals surface area (Å²) in [5.74, 6) is 0.609. The van der Waals surface area contributed by atoms with Crippen molar-refractivity contribution < 1.29 is 9.53 Å². The first kappa shape index (κ1) is 18.1. The molecule has 0 amide bonds. The number of nitrogens with two attached hydrogens (primary N) is 1. The molecule has 28 heavy (non-hydrogen) atoms. The molecule has 0 bridgehead atoms. The number of azo groups is 1. The lowest BCUT2D eigenvalue weighted by Crippen LogP contribution is -2.43. The maximum Gasteiger partial charge on any atom is 0.209 e. The second-order valence-corrected chi connectivity index (χ2v) is 6.89. The third-order valence-electron chi connectivity index (χ3n) is 4.97. The van der Waals surface area contributed by atoms with Crippen LogP contribution in [0, 0.1) is 0 Å². The Kier molecular flexibility index (Phi) is 4.75. The molecule has 0 aliphatic carbocycles.